The van der Waals surface area contributed by atoms with Crippen molar-refractivity contribution < 1.29 is 0 Å². The molecule has 1 heterocycles. The molecule has 1 aliphatic rings. The number of halogens is 4. The van der Waals surface area contributed by atoms with Crippen LogP contribution in [0.2, 0.25) is 0 Å². The fourth-order valence-electron chi connectivity index (χ4n) is 1.83. The molecule has 0 aromatic carbocycles. The van der Waals surface area contributed by atoms with Crippen molar-refractivity contribution in [3.8, 4) is 0 Å². The van der Waals surface area contributed by atoms with Gasteiger partial charge in [0.1, 0.15) is 0 Å². The van der Waals surface area contributed by atoms with Crippen molar-refractivity contribution >= 4 is 67.0 Å². The van der Waals surface area contributed by atoms with E-state index in [1.807, 2.05) is 0 Å². The van der Waals surface area contributed by atoms with E-state index in [0.29, 0.717) is 0 Å². The summed E-state index contributed by atoms with van der Waals surface area (Å²) in [4.78, 5) is 4.61. The topological polar surface area (TPSA) is 6.48 Å². The fourth-order valence-corrected chi connectivity index (χ4v) is 1.83. The van der Waals surface area contributed by atoms with E-state index in [1.54, 1.807) is 0 Å². The average molecular weight is 372 g/mol. The first kappa shape index (κ1) is 32.1. The van der Waals surface area contributed by atoms with E-state index in [9.17, 15) is 0 Å². The molecule has 0 radical (unpaired) electrons. The summed E-state index contributed by atoms with van der Waals surface area (Å²) in [5.41, 5.74) is 0. The molecule has 19 heavy (non-hydrogen) atoms. The number of hydrogen-bond donors (Lipinski definition) is 0. The number of nitrogens with zero attached hydrogens (tertiary/aromatic N) is 2. The molecular weight excluding hydrogens is 341 g/mol. The lowest BCUT2D eigenvalue weighted by Gasteiger charge is -2.17. The van der Waals surface area contributed by atoms with Gasteiger partial charge in [0.05, 0.1) is 6.67 Å². The summed E-state index contributed by atoms with van der Waals surface area (Å²) < 4.78 is 0. The average Bonchev–Trinajstić information content (AvgIpc) is 2.58. The Morgan fingerprint density at radius 1 is 0.842 bits per heavy atom. The first-order valence-corrected chi connectivity index (χ1v) is 5.95. The summed E-state index contributed by atoms with van der Waals surface area (Å²) in [7, 11) is 2.12. The molecule has 0 aromatic heterocycles. The summed E-state index contributed by atoms with van der Waals surface area (Å²) >= 11 is 0. The number of unbranched alkanes of at least 4 members (excludes halogenated alkanes) is 5. The number of hydrogen-bond acceptors (Lipinski definition) is 2. The fraction of sp³-hybridized carbons (Fsp3) is 0.833. The van der Waals surface area contributed by atoms with Crippen LogP contribution in [0.1, 0.15) is 45.4 Å². The Balaban J connectivity index is -0.000000131. The molecule has 0 fully saturated rings. The van der Waals surface area contributed by atoms with Crippen molar-refractivity contribution in [3.63, 3.8) is 0 Å². The predicted molar refractivity (Wildman–Crippen MR) is 101 cm³/mol. The molecule has 0 amide bonds. The zero-order valence-electron chi connectivity index (χ0n) is 11.3. The Morgan fingerprint density at radius 3 is 1.84 bits per heavy atom. The quantitative estimate of drug-likeness (QED) is 0.499. The van der Waals surface area contributed by atoms with Gasteiger partial charge in [0.15, 0.2) is 17.4 Å². The second kappa shape index (κ2) is 21.3. The molecule has 0 aliphatic carbocycles. The van der Waals surface area contributed by atoms with Crippen LogP contribution < -0.4 is 0 Å². The van der Waals surface area contributed by atoms with Crippen LogP contribution in [0.5, 0.6) is 0 Å². The van der Waals surface area contributed by atoms with Gasteiger partial charge in [-0.05, 0) is 6.42 Å². The van der Waals surface area contributed by atoms with Gasteiger partial charge < -0.3 is 9.80 Å². The summed E-state index contributed by atoms with van der Waals surface area (Å²) in [5, 5.41) is 0. The van der Waals surface area contributed by atoms with E-state index in [0.717, 1.165) is 6.67 Å². The van der Waals surface area contributed by atoms with Crippen LogP contribution in [0.4, 0.5) is 0 Å². The second-order valence-corrected chi connectivity index (χ2v) is 4.28. The highest BCUT2D eigenvalue weighted by atomic mass is 35.5. The van der Waals surface area contributed by atoms with Gasteiger partial charge in [-0.3, -0.25) is 0 Å². The minimum absolute atomic E-state index is 0. The Kier molecular flexibility index (Phi) is 36.1. The van der Waals surface area contributed by atoms with Crippen molar-refractivity contribution in [2.45, 2.75) is 45.4 Å². The van der Waals surface area contributed by atoms with Crippen molar-refractivity contribution in [1.82, 2.24) is 9.80 Å². The summed E-state index contributed by atoms with van der Waals surface area (Å²) in [6.45, 7) is 4.58. The van der Waals surface area contributed by atoms with Crippen molar-refractivity contribution in [3.05, 3.63) is 12.4 Å². The molecule has 0 N–H and O–H groups in total. The van der Waals surface area contributed by atoms with E-state index >= 15 is 0 Å². The lowest BCUT2D eigenvalue weighted by atomic mass is 10.1. The predicted octanol–water partition coefficient (Wildman–Crippen LogP) is 3.53. The maximum atomic E-state index is 2.39. The first-order chi connectivity index (χ1) is 6.83. The lowest BCUT2D eigenvalue weighted by Crippen LogP contribution is -2.23. The van der Waals surface area contributed by atoms with Crippen LogP contribution in [-0.4, -0.2) is 47.4 Å². The zero-order valence-corrected chi connectivity index (χ0v) is 14.6. The van der Waals surface area contributed by atoms with Gasteiger partial charge in [0, 0.05) is 26.0 Å². The molecule has 1 rings (SSSR count). The van der Waals surface area contributed by atoms with Gasteiger partial charge in [-0.15, -0.1) is 49.6 Å². The second-order valence-electron chi connectivity index (χ2n) is 4.28. The van der Waals surface area contributed by atoms with Crippen LogP contribution in [-0.2, 0) is 0 Å². The molecule has 0 unspecified atom stereocenters. The lowest BCUT2D eigenvalue weighted by molar-refractivity contribution is 0.290. The molecule has 1 aliphatic heterocycles. The molecule has 7 heteroatoms. The highest BCUT2D eigenvalue weighted by Gasteiger charge is 2.06. The Bertz CT molecular complexity index is 185. The SMILES string of the molecule is CCCCCCCCN1C=CN(C)C1.Cl.Cl.Cl.Cl.[AlH3]. The summed E-state index contributed by atoms with van der Waals surface area (Å²) in [6, 6.07) is 0. The Morgan fingerprint density at radius 2 is 1.37 bits per heavy atom. The zero-order chi connectivity index (χ0) is 10.2. The first-order valence-electron chi connectivity index (χ1n) is 5.95. The number of rotatable bonds is 7. The van der Waals surface area contributed by atoms with Crippen molar-refractivity contribution in [2.24, 2.45) is 0 Å². The van der Waals surface area contributed by atoms with Gasteiger partial charge in [0.25, 0.3) is 0 Å². The third kappa shape index (κ3) is 17.0. The Labute approximate surface area is 154 Å². The van der Waals surface area contributed by atoms with Crippen LogP contribution >= 0.6 is 49.6 Å². The van der Waals surface area contributed by atoms with E-state index < -0.39 is 0 Å². The van der Waals surface area contributed by atoms with E-state index in [4.69, 9.17) is 0 Å². The maximum absolute atomic E-state index is 2.39. The van der Waals surface area contributed by atoms with Crippen molar-refractivity contribution in [2.75, 3.05) is 20.3 Å². The summed E-state index contributed by atoms with van der Waals surface area (Å²) in [5.74, 6) is 0. The monoisotopic (exact) mass is 370 g/mol. The van der Waals surface area contributed by atoms with Gasteiger partial charge in [-0.2, -0.15) is 0 Å². The van der Waals surface area contributed by atoms with E-state index in [1.165, 1.54) is 45.1 Å². The maximum Gasteiger partial charge on any atom is 0.187 e. The Hall–Kier alpha value is 1.03. The molecule has 2 nitrogen and oxygen atoms in total. The van der Waals surface area contributed by atoms with E-state index in [2.05, 4.69) is 36.2 Å². The molecule has 0 bridgehead atoms. The van der Waals surface area contributed by atoms with Crippen LogP contribution in [0.25, 0.3) is 0 Å². The van der Waals surface area contributed by atoms with Crippen molar-refractivity contribution in [1.29, 1.82) is 0 Å². The summed E-state index contributed by atoms with van der Waals surface area (Å²) in [6.07, 6.45) is 12.7. The standard InChI is InChI=1S/C12H24N2.Al.4ClH.3H/c1-3-4-5-6-7-8-9-14-11-10-13(2)12-14;;;;;;;;/h10-11H,3-9,12H2,1-2H3;;4*1H;;;. The molecule has 0 aromatic rings. The van der Waals surface area contributed by atoms with Crippen LogP contribution in [0.15, 0.2) is 12.4 Å². The molecule has 0 saturated carbocycles. The third-order valence-corrected chi connectivity index (χ3v) is 2.74. The molecular formula is C12H31AlCl4N2. The minimum Gasteiger partial charge on any atom is -0.362 e. The van der Waals surface area contributed by atoms with Gasteiger partial charge in [-0.1, -0.05) is 39.0 Å². The van der Waals surface area contributed by atoms with Gasteiger partial charge in [-0.25, -0.2) is 0 Å². The molecule has 0 saturated heterocycles. The van der Waals surface area contributed by atoms with E-state index in [-0.39, 0.29) is 67.0 Å². The highest BCUT2D eigenvalue weighted by Crippen LogP contribution is 2.08. The van der Waals surface area contributed by atoms with Gasteiger partial charge >= 0.3 is 0 Å². The van der Waals surface area contributed by atoms with Crippen LogP contribution in [0, 0.1) is 0 Å². The largest absolute Gasteiger partial charge is 0.362 e. The molecule has 120 valence electrons. The molecule has 0 atom stereocenters. The normalized spacial score (nSPS) is 11.5. The molecule has 0 spiro atoms. The minimum atomic E-state index is 0. The third-order valence-electron chi connectivity index (χ3n) is 2.74. The highest BCUT2D eigenvalue weighted by molar-refractivity contribution is 5.86. The van der Waals surface area contributed by atoms with Crippen LogP contribution in [0.3, 0.4) is 0 Å². The smallest absolute Gasteiger partial charge is 0.187 e. The van der Waals surface area contributed by atoms with Gasteiger partial charge in [0.2, 0.25) is 0 Å².